The summed E-state index contributed by atoms with van der Waals surface area (Å²) in [6, 6.07) is 5.45. The van der Waals surface area contributed by atoms with E-state index in [1.165, 1.54) is 11.3 Å². The summed E-state index contributed by atoms with van der Waals surface area (Å²) in [7, 11) is 0. The Hall–Kier alpha value is -3.63. The number of rotatable bonds is 9. The van der Waals surface area contributed by atoms with E-state index in [-0.39, 0.29) is 6.61 Å². The van der Waals surface area contributed by atoms with Crippen molar-refractivity contribution >= 4 is 34.6 Å². The van der Waals surface area contributed by atoms with Crippen molar-refractivity contribution in [2.45, 2.75) is 57.2 Å². The average molecular weight is 610 g/mol. The van der Waals surface area contributed by atoms with Crippen LogP contribution in [0, 0.1) is 12.3 Å². The molecule has 41 heavy (non-hydrogen) atoms. The highest BCUT2D eigenvalue weighted by Gasteiger charge is 2.34. The Kier molecular flexibility index (Phi) is 8.79. The van der Waals surface area contributed by atoms with Crippen LogP contribution in [0.2, 0.25) is 5.02 Å². The molecule has 0 saturated carbocycles. The number of benzene rings is 1. The fraction of sp³-hybridized carbons (Fsp3) is 0.407. The molecule has 0 radical (unpaired) electrons. The van der Waals surface area contributed by atoms with Crippen molar-refractivity contribution in [1.29, 1.82) is 0 Å². The van der Waals surface area contributed by atoms with E-state index in [4.69, 9.17) is 32.6 Å². The Morgan fingerprint density at radius 3 is 2.85 bits per heavy atom. The minimum Gasteiger partial charge on any atom is -0.480 e. The van der Waals surface area contributed by atoms with Gasteiger partial charge in [-0.25, -0.2) is 22.5 Å². The highest BCUT2D eigenvalue weighted by atomic mass is 35.5. The number of terminal acetylenes is 1. The predicted molar refractivity (Wildman–Crippen MR) is 143 cm³/mol. The van der Waals surface area contributed by atoms with Crippen molar-refractivity contribution in [2.24, 2.45) is 5.16 Å². The molecule has 2 aromatic heterocycles. The second-order valence-electron chi connectivity index (χ2n) is 9.40. The third-order valence-electron chi connectivity index (χ3n) is 6.80. The molecular weight excluding hydrogens is 586 g/mol. The number of aromatic nitrogens is 3. The smallest absolute Gasteiger partial charge is 0.282 e. The van der Waals surface area contributed by atoms with Crippen LogP contribution in [0.5, 0.6) is 5.75 Å². The monoisotopic (exact) mass is 609 g/mol. The molecule has 216 valence electrons. The molecule has 1 saturated heterocycles. The zero-order chi connectivity index (χ0) is 29.1. The molecule has 1 aromatic carbocycles. The van der Waals surface area contributed by atoms with Gasteiger partial charge in [-0.15, -0.1) is 17.8 Å². The highest BCUT2D eigenvalue weighted by Crippen LogP contribution is 2.40. The first-order chi connectivity index (χ1) is 19.8. The summed E-state index contributed by atoms with van der Waals surface area (Å²) in [6.07, 6.45) is 1.27. The number of amides is 1. The molecule has 0 aliphatic carbocycles. The van der Waals surface area contributed by atoms with E-state index in [2.05, 4.69) is 16.2 Å². The van der Waals surface area contributed by atoms with Gasteiger partial charge in [-0.2, -0.15) is 5.10 Å². The second kappa shape index (κ2) is 12.5. The maximum atomic E-state index is 13.4. The molecule has 14 heteroatoms. The zero-order valence-electron chi connectivity index (χ0n) is 21.5. The van der Waals surface area contributed by atoms with Gasteiger partial charge in [0.15, 0.2) is 6.10 Å². The van der Waals surface area contributed by atoms with Gasteiger partial charge >= 0.3 is 0 Å². The number of thiazole rings is 1. The van der Waals surface area contributed by atoms with E-state index >= 15 is 0 Å². The maximum Gasteiger partial charge on any atom is 0.282 e. The first-order valence-electron chi connectivity index (χ1n) is 12.7. The number of carbonyl (C=O) groups is 1. The maximum absolute atomic E-state index is 13.4. The Morgan fingerprint density at radius 2 is 2.10 bits per heavy atom. The molecule has 8 nitrogen and oxygen atoms in total. The van der Waals surface area contributed by atoms with Gasteiger partial charge < -0.3 is 14.5 Å². The van der Waals surface area contributed by atoms with Crippen LogP contribution in [0.25, 0.3) is 0 Å². The van der Waals surface area contributed by atoms with E-state index in [9.17, 15) is 22.4 Å². The lowest BCUT2D eigenvalue weighted by molar-refractivity contribution is -0.136. The van der Waals surface area contributed by atoms with E-state index in [0.717, 1.165) is 6.42 Å². The molecular formula is C27H24ClF4N5O3S. The summed E-state index contributed by atoms with van der Waals surface area (Å²) in [6.45, 7) is -0.132. The number of likely N-dealkylation sites (tertiary alicyclic amines) is 1. The Morgan fingerprint density at radius 1 is 1.27 bits per heavy atom. The lowest BCUT2D eigenvalue weighted by atomic mass is 10.0. The second-order valence-corrected chi connectivity index (χ2v) is 10.7. The normalized spacial score (nSPS) is 18.9. The molecule has 2 aliphatic heterocycles. The molecule has 0 N–H and O–H groups in total. The summed E-state index contributed by atoms with van der Waals surface area (Å²) in [5, 5.41) is 10.7. The number of halogens is 5. The van der Waals surface area contributed by atoms with E-state index in [0.29, 0.717) is 69.3 Å². The van der Waals surface area contributed by atoms with E-state index < -0.39 is 48.8 Å². The van der Waals surface area contributed by atoms with Crippen LogP contribution < -0.4 is 4.74 Å². The van der Waals surface area contributed by atoms with Crippen LogP contribution in [0.3, 0.4) is 0 Å². The number of hydrogen-bond acceptors (Lipinski definition) is 7. The van der Waals surface area contributed by atoms with Gasteiger partial charge in [0, 0.05) is 18.3 Å². The largest absolute Gasteiger partial charge is 0.480 e. The van der Waals surface area contributed by atoms with Crippen molar-refractivity contribution < 1.29 is 31.9 Å². The molecule has 2 unspecified atom stereocenters. The molecule has 1 amide bonds. The zero-order valence-corrected chi connectivity index (χ0v) is 23.1. The predicted octanol–water partition coefficient (Wildman–Crippen LogP) is 6.50. The van der Waals surface area contributed by atoms with Crippen molar-refractivity contribution in [3.8, 4) is 18.1 Å². The SMILES string of the molecule is C#CCOc1cccc(Cl)c1C1CC(c2csc(C3CCCCN3C(=O)Cn3nc(C(F)F)cc3C(F)F)n2)=NO1. The summed E-state index contributed by atoms with van der Waals surface area (Å²) < 4.78 is 59.3. The number of carbonyl (C=O) groups excluding carboxylic acids is 1. The van der Waals surface area contributed by atoms with Gasteiger partial charge in [-0.05, 0) is 37.5 Å². The number of oxime groups is 1. The lowest BCUT2D eigenvalue weighted by Gasteiger charge is -2.34. The molecule has 1 fully saturated rings. The topological polar surface area (TPSA) is 81.8 Å². The first-order valence-corrected chi connectivity index (χ1v) is 14.0. The van der Waals surface area contributed by atoms with Crippen molar-refractivity contribution in [3.63, 3.8) is 0 Å². The van der Waals surface area contributed by atoms with Crippen molar-refractivity contribution in [1.82, 2.24) is 19.7 Å². The van der Waals surface area contributed by atoms with Gasteiger partial charge in [-0.3, -0.25) is 9.48 Å². The van der Waals surface area contributed by atoms with Crippen LogP contribution in [0.1, 0.15) is 78.3 Å². The van der Waals surface area contributed by atoms with E-state index in [1.807, 2.05) is 5.38 Å². The van der Waals surface area contributed by atoms with E-state index in [1.54, 1.807) is 23.1 Å². The minimum atomic E-state index is -3.05. The fourth-order valence-corrected chi connectivity index (χ4v) is 6.16. The first kappa shape index (κ1) is 28.9. The van der Waals surface area contributed by atoms with Crippen molar-refractivity contribution in [3.05, 3.63) is 62.3 Å². The quantitative estimate of drug-likeness (QED) is 0.204. The highest BCUT2D eigenvalue weighted by molar-refractivity contribution is 7.10. The van der Waals surface area contributed by atoms with Crippen LogP contribution in [-0.4, -0.2) is 44.4 Å². The molecule has 4 heterocycles. The van der Waals surface area contributed by atoms with Crippen molar-refractivity contribution in [2.75, 3.05) is 13.2 Å². The van der Waals surface area contributed by atoms with Crippen LogP contribution in [0.4, 0.5) is 17.6 Å². The Bertz CT molecular complexity index is 1490. The minimum absolute atomic E-state index is 0.0665. The summed E-state index contributed by atoms with van der Waals surface area (Å²) in [5.74, 6) is 2.42. The molecule has 2 atom stereocenters. The average Bonchev–Trinajstić information content (AvgIpc) is 3.72. The Labute approximate surface area is 241 Å². The van der Waals surface area contributed by atoms with Crippen LogP contribution >= 0.6 is 22.9 Å². The lowest BCUT2D eigenvalue weighted by Crippen LogP contribution is -2.40. The van der Waals surface area contributed by atoms with Gasteiger partial charge in [0.25, 0.3) is 12.9 Å². The molecule has 0 bridgehead atoms. The fourth-order valence-electron chi connectivity index (χ4n) is 4.90. The van der Waals surface area contributed by atoms with Crippen LogP contribution in [0.15, 0.2) is 34.8 Å². The summed E-state index contributed by atoms with van der Waals surface area (Å²) >= 11 is 7.78. The number of nitrogens with zero attached hydrogens (tertiary/aromatic N) is 5. The number of piperidine rings is 1. The molecule has 2 aliphatic rings. The Balaban J connectivity index is 1.31. The molecule has 0 spiro atoms. The van der Waals surface area contributed by atoms with Gasteiger partial charge in [0.1, 0.15) is 41.0 Å². The number of ether oxygens (including phenoxy) is 1. The van der Waals surface area contributed by atoms with Gasteiger partial charge in [0.2, 0.25) is 5.91 Å². The number of alkyl halides is 4. The van der Waals surface area contributed by atoms with Gasteiger partial charge in [-0.1, -0.05) is 28.7 Å². The standard InChI is InChI=1S/C27H24ClF4N5O3S/c1-2-10-39-21-8-5-6-15(28)24(21)22-12-16(35-40-22)18-14-41-27(33-18)19-7-3-4-9-36(19)23(38)13-37-20(26(31)32)11-17(34-37)25(29)30/h1,5-6,8,11,14,19,22,25-26H,3-4,7,9-10,12-13H2. The summed E-state index contributed by atoms with van der Waals surface area (Å²) in [5.41, 5.74) is 0.277. The third-order valence-corrected chi connectivity index (χ3v) is 8.08. The third kappa shape index (κ3) is 6.18. The van der Waals surface area contributed by atoms with Crippen LogP contribution in [-0.2, 0) is 16.2 Å². The van der Waals surface area contributed by atoms with Gasteiger partial charge in [0.05, 0.1) is 22.3 Å². The number of hydrogen-bond donors (Lipinski definition) is 0. The summed E-state index contributed by atoms with van der Waals surface area (Å²) in [4.78, 5) is 25.2. The molecule has 5 rings (SSSR count). The molecule has 3 aromatic rings.